The average Bonchev–Trinajstić information content (AvgIpc) is 2.49. The number of halogens is 1. The Hall–Kier alpha value is -1.66. The van der Waals surface area contributed by atoms with Crippen LogP contribution < -0.4 is 16.4 Å². The summed E-state index contributed by atoms with van der Waals surface area (Å²) in [4.78, 5) is 29.2. The second-order valence-electron chi connectivity index (χ2n) is 6.13. The highest BCUT2D eigenvalue weighted by Gasteiger charge is 2.29. The molecule has 7 heteroatoms. The van der Waals surface area contributed by atoms with Crippen LogP contribution >= 0.6 is 11.6 Å². The maximum atomic E-state index is 12.6. The van der Waals surface area contributed by atoms with Gasteiger partial charge in [-0.2, -0.15) is 0 Å². The number of pyridine rings is 1. The van der Waals surface area contributed by atoms with Gasteiger partial charge in [-0.25, -0.2) is 4.98 Å². The lowest BCUT2D eigenvalue weighted by Gasteiger charge is -2.35. The van der Waals surface area contributed by atoms with Crippen LogP contribution in [0.3, 0.4) is 0 Å². The van der Waals surface area contributed by atoms with Crippen molar-refractivity contribution in [2.24, 2.45) is 13.0 Å². The molecule has 1 aliphatic heterocycles. The van der Waals surface area contributed by atoms with Crippen LogP contribution in [0.1, 0.15) is 26.3 Å². The van der Waals surface area contributed by atoms with E-state index in [9.17, 15) is 9.59 Å². The third-order valence-corrected chi connectivity index (χ3v) is 4.69. The molecule has 0 saturated carbocycles. The first-order chi connectivity index (χ1) is 10.4. The molecule has 1 saturated heterocycles. The van der Waals surface area contributed by atoms with Gasteiger partial charge < -0.3 is 9.88 Å². The van der Waals surface area contributed by atoms with E-state index in [0.29, 0.717) is 22.2 Å². The van der Waals surface area contributed by atoms with Gasteiger partial charge in [0.25, 0.3) is 0 Å². The fourth-order valence-corrected chi connectivity index (χ4v) is 3.33. The van der Waals surface area contributed by atoms with Gasteiger partial charge in [0.05, 0.1) is 10.5 Å². The Morgan fingerprint density at radius 3 is 2.77 bits per heavy atom. The van der Waals surface area contributed by atoms with Crippen LogP contribution in [0.25, 0.3) is 11.2 Å². The van der Waals surface area contributed by atoms with Crippen molar-refractivity contribution in [2.45, 2.75) is 32.4 Å². The number of hydrogen-bond acceptors (Lipinski definition) is 4. The number of aromatic nitrogens is 3. The van der Waals surface area contributed by atoms with E-state index >= 15 is 0 Å². The van der Waals surface area contributed by atoms with E-state index in [4.69, 9.17) is 11.6 Å². The van der Waals surface area contributed by atoms with Crippen LogP contribution in [0.15, 0.2) is 21.9 Å². The zero-order valence-electron chi connectivity index (χ0n) is 12.8. The maximum Gasteiger partial charge on any atom is 0.318 e. The van der Waals surface area contributed by atoms with Crippen molar-refractivity contribution in [1.82, 2.24) is 19.4 Å². The van der Waals surface area contributed by atoms with E-state index in [2.05, 4.69) is 24.1 Å². The highest BCUT2D eigenvalue weighted by molar-refractivity contribution is 6.31. The van der Waals surface area contributed by atoms with Gasteiger partial charge in [-0.1, -0.05) is 18.5 Å². The van der Waals surface area contributed by atoms with E-state index in [1.165, 1.54) is 10.8 Å². The highest BCUT2D eigenvalue weighted by Crippen LogP contribution is 2.28. The topological polar surface area (TPSA) is 68.9 Å². The van der Waals surface area contributed by atoms with Gasteiger partial charge in [-0.3, -0.25) is 14.2 Å². The van der Waals surface area contributed by atoms with Gasteiger partial charge in [-0.05, 0) is 31.9 Å². The lowest BCUT2D eigenvalue weighted by molar-refractivity contribution is 0.233. The van der Waals surface area contributed by atoms with Crippen molar-refractivity contribution in [3.05, 3.63) is 38.0 Å². The largest absolute Gasteiger partial charge is 0.318 e. The second-order valence-corrected chi connectivity index (χ2v) is 6.56. The number of hydrogen-bond donors (Lipinski definition) is 1. The minimum Gasteiger partial charge on any atom is -0.314 e. The Morgan fingerprint density at radius 2 is 2.05 bits per heavy atom. The zero-order valence-corrected chi connectivity index (χ0v) is 13.6. The summed E-state index contributed by atoms with van der Waals surface area (Å²) >= 11 is 6.00. The normalized spacial score (nSPS) is 25.5. The molecule has 0 radical (unpaired) electrons. The summed E-state index contributed by atoms with van der Waals surface area (Å²) in [5.41, 5.74) is 0.0312. The van der Waals surface area contributed by atoms with E-state index < -0.39 is 11.1 Å². The molecular weight excluding hydrogens is 304 g/mol. The molecule has 2 aromatic rings. The maximum absolute atomic E-state index is 12.6. The van der Waals surface area contributed by atoms with Crippen LogP contribution in [0.4, 0.5) is 0 Å². The molecule has 0 spiro atoms. The van der Waals surface area contributed by atoms with Crippen molar-refractivity contribution in [3.63, 3.8) is 0 Å². The van der Waals surface area contributed by atoms with Crippen LogP contribution in [-0.4, -0.2) is 26.7 Å². The molecular formula is C15H19ClN4O2. The van der Waals surface area contributed by atoms with Crippen LogP contribution in [0.5, 0.6) is 0 Å². The molecule has 22 heavy (non-hydrogen) atoms. The molecule has 0 aliphatic carbocycles. The Balaban J connectivity index is 2.33. The zero-order chi connectivity index (χ0) is 16.0. The molecule has 6 nitrogen and oxygen atoms in total. The molecule has 0 unspecified atom stereocenters. The number of nitrogens with one attached hydrogen (secondary N) is 1. The first kappa shape index (κ1) is 15.2. The molecule has 0 aromatic carbocycles. The van der Waals surface area contributed by atoms with Gasteiger partial charge in [0.15, 0.2) is 5.65 Å². The molecule has 1 fully saturated rings. The summed E-state index contributed by atoms with van der Waals surface area (Å²) in [5, 5.41) is 3.84. The summed E-state index contributed by atoms with van der Waals surface area (Å²) in [6.45, 7) is 4.97. The number of fused-ring (bicyclic) bond motifs is 1. The van der Waals surface area contributed by atoms with Crippen LogP contribution in [0.2, 0.25) is 5.02 Å². The van der Waals surface area contributed by atoms with Crippen molar-refractivity contribution < 1.29 is 0 Å². The smallest absolute Gasteiger partial charge is 0.314 e. The van der Waals surface area contributed by atoms with Crippen molar-refractivity contribution in [2.75, 3.05) is 6.54 Å². The predicted octanol–water partition coefficient (Wildman–Crippen LogP) is 1.31. The summed E-state index contributed by atoms with van der Waals surface area (Å²) < 4.78 is 2.89. The molecule has 0 amide bonds. The first-order valence-electron chi connectivity index (χ1n) is 7.40. The van der Waals surface area contributed by atoms with E-state index in [0.717, 1.165) is 13.0 Å². The summed E-state index contributed by atoms with van der Waals surface area (Å²) in [7, 11) is 1.57. The molecule has 118 valence electrons. The molecule has 2 aromatic heterocycles. The fraction of sp³-hybridized carbons (Fsp3) is 0.533. The minimum atomic E-state index is -0.546. The molecule has 3 atom stereocenters. The summed E-state index contributed by atoms with van der Waals surface area (Å²) in [5.74, 6) is 0.238. The van der Waals surface area contributed by atoms with E-state index in [-0.39, 0.29) is 12.0 Å². The van der Waals surface area contributed by atoms with Gasteiger partial charge in [0, 0.05) is 25.3 Å². The van der Waals surface area contributed by atoms with Gasteiger partial charge >= 0.3 is 11.1 Å². The Bertz CT molecular complexity index is 842. The molecule has 1 N–H and O–H groups in total. The Kier molecular flexibility index (Phi) is 3.82. The number of rotatable bonds is 1. The quantitative estimate of drug-likeness (QED) is 0.804. The van der Waals surface area contributed by atoms with Crippen molar-refractivity contribution in [3.8, 4) is 0 Å². The predicted molar refractivity (Wildman–Crippen MR) is 86.5 cm³/mol. The Labute approximate surface area is 132 Å². The second kappa shape index (κ2) is 5.52. The van der Waals surface area contributed by atoms with Crippen molar-refractivity contribution in [1.29, 1.82) is 0 Å². The number of piperidine rings is 1. The summed E-state index contributed by atoms with van der Waals surface area (Å²) in [6, 6.07) is 1.92. The highest BCUT2D eigenvalue weighted by atomic mass is 35.5. The van der Waals surface area contributed by atoms with Gasteiger partial charge in [-0.15, -0.1) is 0 Å². The third-order valence-electron chi connectivity index (χ3n) is 4.48. The third kappa shape index (κ3) is 2.36. The molecule has 0 bridgehead atoms. The summed E-state index contributed by atoms with van der Waals surface area (Å²) in [6.07, 6.45) is 2.30. The average molecular weight is 323 g/mol. The van der Waals surface area contributed by atoms with E-state index in [1.807, 2.05) is 0 Å². The molecule has 3 heterocycles. The first-order valence-corrected chi connectivity index (χ1v) is 7.78. The minimum absolute atomic E-state index is 0.0474. The van der Waals surface area contributed by atoms with Gasteiger partial charge in [0.1, 0.15) is 0 Å². The monoisotopic (exact) mass is 322 g/mol. The van der Waals surface area contributed by atoms with Crippen molar-refractivity contribution >= 4 is 22.8 Å². The number of aryl methyl sites for hydroxylation is 1. The molecule has 3 rings (SSSR count). The lowest BCUT2D eigenvalue weighted by atomic mass is 9.91. The van der Waals surface area contributed by atoms with Gasteiger partial charge in [0.2, 0.25) is 0 Å². The molecule has 1 aliphatic rings. The van der Waals surface area contributed by atoms with E-state index in [1.54, 1.807) is 17.7 Å². The van der Waals surface area contributed by atoms with Crippen LogP contribution in [-0.2, 0) is 7.05 Å². The fourth-order valence-electron chi connectivity index (χ4n) is 3.17. The van der Waals surface area contributed by atoms with Crippen LogP contribution in [0, 0.1) is 5.92 Å². The number of nitrogens with zero attached hydrogens (tertiary/aromatic N) is 3. The lowest BCUT2D eigenvalue weighted by Crippen LogP contribution is -2.49. The standard InChI is InChI=1S/C15H19ClN4O2/c1-8-6-17-9(2)4-11(8)20-13-12(5-10(16)7-18-13)19(3)14(21)15(20)22/h5,7-9,11,17H,4,6H2,1-3H3/t8-,9-,11-/m1/s1. The SMILES string of the molecule is C[C@@H]1C[C@@H](n2c(=O)c(=O)n(C)c3cc(Cl)cnc32)[C@H](C)CN1. The Morgan fingerprint density at radius 1 is 1.32 bits per heavy atom.